The summed E-state index contributed by atoms with van der Waals surface area (Å²) in [5.41, 5.74) is 3.65. The molecular weight excluding hydrogens is 346 g/mol. The zero-order valence-electron chi connectivity index (χ0n) is 14.7. The van der Waals surface area contributed by atoms with Crippen LogP contribution in [0, 0.1) is 13.8 Å². The lowest BCUT2D eigenvalue weighted by molar-refractivity contribution is 0.221. The predicted molar refractivity (Wildman–Crippen MR) is 104 cm³/mol. The summed E-state index contributed by atoms with van der Waals surface area (Å²) in [6.45, 7) is 3.87. The van der Waals surface area contributed by atoms with Gasteiger partial charge in [0.05, 0.1) is 10.6 Å². The number of hydrogen-bond donors (Lipinski definition) is 2. The van der Waals surface area contributed by atoms with Gasteiger partial charge in [0, 0.05) is 5.56 Å². The molecule has 3 aromatic carbocycles. The Morgan fingerprint density at radius 1 is 0.808 bits per heavy atom. The van der Waals surface area contributed by atoms with E-state index in [9.17, 15) is 13.5 Å². The highest BCUT2D eigenvalue weighted by molar-refractivity contribution is 7.92. The van der Waals surface area contributed by atoms with E-state index in [-0.39, 0.29) is 4.90 Å². The van der Waals surface area contributed by atoms with Gasteiger partial charge < -0.3 is 5.11 Å². The third-order valence-corrected chi connectivity index (χ3v) is 5.61. The third-order valence-electron chi connectivity index (χ3n) is 4.22. The minimum atomic E-state index is -3.74. The highest BCUT2D eigenvalue weighted by Gasteiger charge is 2.19. The van der Waals surface area contributed by atoms with Crippen LogP contribution < -0.4 is 4.72 Å². The SMILES string of the molecule is Cc1ccc(C(O)c2ccccc2NS(=O)(=O)c2ccc(C)cc2)cc1. The molecule has 5 heteroatoms. The van der Waals surface area contributed by atoms with Gasteiger partial charge in [-0.3, -0.25) is 4.72 Å². The number of aliphatic hydroxyl groups is 1. The Morgan fingerprint density at radius 2 is 1.35 bits per heavy atom. The van der Waals surface area contributed by atoms with Crippen molar-refractivity contribution < 1.29 is 13.5 Å². The molecule has 0 bridgehead atoms. The van der Waals surface area contributed by atoms with Crippen LogP contribution in [0.5, 0.6) is 0 Å². The smallest absolute Gasteiger partial charge is 0.261 e. The Labute approximate surface area is 154 Å². The van der Waals surface area contributed by atoms with Crippen molar-refractivity contribution in [3.8, 4) is 0 Å². The van der Waals surface area contributed by atoms with Crippen molar-refractivity contribution in [3.05, 3.63) is 95.1 Å². The second kappa shape index (κ2) is 7.32. The van der Waals surface area contributed by atoms with Gasteiger partial charge in [-0.05, 0) is 37.6 Å². The lowest BCUT2D eigenvalue weighted by atomic mass is 9.99. The molecule has 0 fully saturated rings. The maximum absolute atomic E-state index is 12.7. The van der Waals surface area contributed by atoms with Crippen molar-refractivity contribution in [3.63, 3.8) is 0 Å². The molecule has 0 aliphatic carbocycles. The number of hydrogen-bond acceptors (Lipinski definition) is 3. The molecule has 1 atom stereocenters. The molecular formula is C21H21NO3S. The Hall–Kier alpha value is -2.63. The van der Waals surface area contributed by atoms with Gasteiger partial charge in [0.2, 0.25) is 0 Å². The van der Waals surface area contributed by atoms with Gasteiger partial charge in [-0.2, -0.15) is 0 Å². The fourth-order valence-corrected chi connectivity index (χ4v) is 3.77. The summed E-state index contributed by atoms with van der Waals surface area (Å²) >= 11 is 0. The van der Waals surface area contributed by atoms with Crippen molar-refractivity contribution >= 4 is 15.7 Å². The molecule has 26 heavy (non-hydrogen) atoms. The molecule has 1 unspecified atom stereocenters. The molecule has 0 saturated carbocycles. The molecule has 3 rings (SSSR count). The van der Waals surface area contributed by atoms with Crippen LogP contribution in [-0.4, -0.2) is 13.5 Å². The number of aliphatic hydroxyl groups excluding tert-OH is 1. The molecule has 0 radical (unpaired) electrons. The van der Waals surface area contributed by atoms with Gasteiger partial charge in [-0.25, -0.2) is 8.42 Å². The van der Waals surface area contributed by atoms with Crippen molar-refractivity contribution in [1.29, 1.82) is 0 Å². The quantitative estimate of drug-likeness (QED) is 0.711. The minimum absolute atomic E-state index is 0.183. The van der Waals surface area contributed by atoms with E-state index in [0.29, 0.717) is 16.8 Å². The van der Waals surface area contributed by atoms with Crippen LogP contribution in [0.1, 0.15) is 28.4 Å². The lowest BCUT2D eigenvalue weighted by Gasteiger charge is -2.17. The Balaban J connectivity index is 1.94. The standard InChI is InChI=1S/C21H21NO3S/c1-15-7-11-17(12-8-15)21(23)19-5-3-4-6-20(19)22-26(24,25)18-13-9-16(2)10-14-18/h3-14,21-23H,1-2H3. The Kier molecular flexibility index (Phi) is 5.11. The van der Waals surface area contributed by atoms with Crippen molar-refractivity contribution in [1.82, 2.24) is 0 Å². The van der Waals surface area contributed by atoms with E-state index in [0.717, 1.165) is 11.1 Å². The molecule has 4 nitrogen and oxygen atoms in total. The molecule has 2 N–H and O–H groups in total. The normalized spacial score (nSPS) is 12.6. The second-order valence-corrected chi connectivity index (χ2v) is 8.00. The molecule has 134 valence electrons. The second-order valence-electron chi connectivity index (χ2n) is 6.32. The van der Waals surface area contributed by atoms with E-state index < -0.39 is 16.1 Å². The summed E-state index contributed by atoms with van der Waals surface area (Å²) in [5, 5.41) is 10.7. The summed E-state index contributed by atoms with van der Waals surface area (Å²) in [7, 11) is -3.74. The Bertz CT molecular complexity index is 994. The highest BCUT2D eigenvalue weighted by Crippen LogP contribution is 2.30. The van der Waals surface area contributed by atoms with Gasteiger partial charge in [0.1, 0.15) is 6.10 Å². The number of para-hydroxylation sites is 1. The van der Waals surface area contributed by atoms with Gasteiger partial charge in [-0.15, -0.1) is 0 Å². The zero-order chi connectivity index (χ0) is 18.7. The maximum Gasteiger partial charge on any atom is 0.261 e. The summed E-state index contributed by atoms with van der Waals surface area (Å²) in [4.78, 5) is 0.183. The van der Waals surface area contributed by atoms with Crippen LogP contribution in [0.25, 0.3) is 0 Å². The molecule has 0 aromatic heterocycles. The van der Waals surface area contributed by atoms with Crippen LogP contribution in [0.4, 0.5) is 5.69 Å². The van der Waals surface area contributed by atoms with Crippen LogP contribution in [0.3, 0.4) is 0 Å². The first-order chi connectivity index (χ1) is 12.4. The summed E-state index contributed by atoms with van der Waals surface area (Å²) in [6.07, 6.45) is -0.924. The topological polar surface area (TPSA) is 66.4 Å². The average molecular weight is 367 g/mol. The average Bonchev–Trinajstić information content (AvgIpc) is 2.62. The van der Waals surface area contributed by atoms with Gasteiger partial charge in [0.25, 0.3) is 10.0 Å². The number of benzene rings is 3. The summed E-state index contributed by atoms with van der Waals surface area (Å²) in [6, 6.07) is 21.0. The zero-order valence-corrected chi connectivity index (χ0v) is 15.5. The molecule has 0 spiro atoms. The van der Waals surface area contributed by atoms with Crippen LogP contribution >= 0.6 is 0 Å². The van der Waals surface area contributed by atoms with E-state index in [1.165, 1.54) is 0 Å². The van der Waals surface area contributed by atoms with E-state index >= 15 is 0 Å². The van der Waals surface area contributed by atoms with E-state index in [1.807, 2.05) is 38.1 Å². The largest absolute Gasteiger partial charge is 0.384 e. The lowest BCUT2D eigenvalue weighted by Crippen LogP contribution is -2.15. The molecule has 0 amide bonds. The molecule has 0 saturated heterocycles. The van der Waals surface area contributed by atoms with Crippen molar-refractivity contribution in [2.75, 3.05) is 4.72 Å². The molecule has 0 heterocycles. The third kappa shape index (κ3) is 3.95. The molecule has 0 aliphatic rings. The highest BCUT2D eigenvalue weighted by atomic mass is 32.2. The monoisotopic (exact) mass is 367 g/mol. The first kappa shape index (κ1) is 18.2. The number of anilines is 1. The van der Waals surface area contributed by atoms with Gasteiger partial charge in [0.15, 0.2) is 0 Å². The number of sulfonamides is 1. The summed E-state index contributed by atoms with van der Waals surface area (Å²) in [5.74, 6) is 0. The first-order valence-corrected chi connectivity index (χ1v) is 9.78. The van der Waals surface area contributed by atoms with E-state index in [2.05, 4.69) is 4.72 Å². The molecule has 0 aliphatic heterocycles. The predicted octanol–water partition coefficient (Wildman–Crippen LogP) is 4.19. The van der Waals surface area contributed by atoms with Crippen molar-refractivity contribution in [2.45, 2.75) is 24.8 Å². The van der Waals surface area contributed by atoms with Crippen LogP contribution in [0.15, 0.2) is 77.7 Å². The Morgan fingerprint density at radius 3 is 1.96 bits per heavy atom. The number of rotatable bonds is 5. The summed E-state index contributed by atoms with van der Waals surface area (Å²) < 4.78 is 27.9. The van der Waals surface area contributed by atoms with Gasteiger partial charge in [-0.1, -0.05) is 65.7 Å². The fourth-order valence-electron chi connectivity index (χ4n) is 2.68. The maximum atomic E-state index is 12.7. The van der Waals surface area contributed by atoms with Gasteiger partial charge >= 0.3 is 0 Å². The molecule has 3 aromatic rings. The number of nitrogens with one attached hydrogen (secondary N) is 1. The van der Waals surface area contributed by atoms with E-state index in [1.54, 1.807) is 48.5 Å². The van der Waals surface area contributed by atoms with Crippen LogP contribution in [-0.2, 0) is 10.0 Å². The fraction of sp³-hybridized carbons (Fsp3) is 0.143. The number of aryl methyl sites for hydroxylation is 2. The minimum Gasteiger partial charge on any atom is -0.384 e. The first-order valence-electron chi connectivity index (χ1n) is 8.30. The van der Waals surface area contributed by atoms with E-state index in [4.69, 9.17) is 0 Å². The van der Waals surface area contributed by atoms with Crippen molar-refractivity contribution in [2.24, 2.45) is 0 Å². The van der Waals surface area contributed by atoms with Crippen LogP contribution in [0.2, 0.25) is 0 Å².